The molecular weight excluding hydrogens is 314 g/mol. The Morgan fingerprint density at radius 3 is 2.80 bits per heavy atom. The predicted molar refractivity (Wildman–Crippen MR) is 103 cm³/mol. The van der Waals surface area contributed by atoms with Crippen molar-refractivity contribution < 1.29 is 9.47 Å². The molecule has 1 aliphatic rings. The molecule has 1 fully saturated rings. The molecule has 0 aromatic heterocycles. The van der Waals surface area contributed by atoms with Crippen LogP contribution in [0.25, 0.3) is 0 Å². The van der Waals surface area contributed by atoms with Gasteiger partial charge in [0.15, 0.2) is 5.96 Å². The third-order valence-corrected chi connectivity index (χ3v) is 4.40. The van der Waals surface area contributed by atoms with Crippen LogP contribution in [0.15, 0.2) is 29.3 Å². The SMILES string of the molecule is CCOCCCNC(=NC)NCc1cccc(OC2CCCCC2)c1. The van der Waals surface area contributed by atoms with E-state index >= 15 is 0 Å². The molecule has 0 unspecified atom stereocenters. The molecule has 2 rings (SSSR count). The number of benzene rings is 1. The monoisotopic (exact) mass is 347 g/mol. The Morgan fingerprint density at radius 2 is 2.04 bits per heavy atom. The Balaban J connectivity index is 1.74. The zero-order valence-corrected chi connectivity index (χ0v) is 15.7. The van der Waals surface area contributed by atoms with Crippen LogP contribution in [0.5, 0.6) is 5.75 Å². The fraction of sp³-hybridized carbons (Fsp3) is 0.650. The molecule has 5 nitrogen and oxygen atoms in total. The van der Waals surface area contributed by atoms with Crippen molar-refractivity contribution >= 4 is 5.96 Å². The van der Waals surface area contributed by atoms with Crippen LogP contribution in [0.1, 0.15) is 51.0 Å². The molecule has 1 aliphatic carbocycles. The van der Waals surface area contributed by atoms with Crippen molar-refractivity contribution in [3.8, 4) is 5.75 Å². The maximum absolute atomic E-state index is 6.14. The minimum atomic E-state index is 0.386. The Morgan fingerprint density at radius 1 is 1.20 bits per heavy atom. The van der Waals surface area contributed by atoms with Gasteiger partial charge in [-0.25, -0.2) is 0 Å². The number of aliphatic imine (C=N–C) groups is 1. The van der Waals surface area contributed by atoms with Crippen molar-refractivity contribution in [3.05, 3.63) is 29.8 Å². The van der Waals surface area contributed by atoms with E-state index in [0.29, 0.717) is 6.10 Å². The molecule has 1 saturated carbocycles. The van der Waals surface area contributed by atoms with Crippen molar-refractivity contribution in [1.29, 1.82) is 0 Å². The van der Waals surface area contributed by atoms with Crippen molar-refractivity contribution in [2.75, 3.05) is 26.8 Å². The summed E-state index contributed by atoms with van der Waals surface area (Å²) in [6.45, 7) is 5.14. The zero-order valence-electron chi connectivity index (χ0n) is 15.7. The summed E-state index contributed by atoms with van der Waals surface area (Å²) in [6, 6.07) is 8.36. The lowest BCUT2D eigenvalue weighted by Crippen LogP contribution is -2.37. The maximum atomic E-state index is 6.14. The average molecular weight is 348 g/mol. The molecular formula is C20H33N3O2. The topological polar surface area (TPSA) is 54.9 Å². The van der Waals surface area contributed by atoms with E-state index in [9.17, 15) is 0 Å². The van der Waals surface area contributed by atoms with Gasteiger partial charge in [0.05, 0.1) is 6.10 Å². The Bertz CT molecular complexity index is 513. The molecule has 1 aromatic carbocycles. The average Bonchev–Trinajstić information content (AvgIpc) is 2.65. The Kier molecular flexibility index (Phi) is 9.19. The second-order valence-corrected chi connectivity index (χ2v) is 6.43. The highest BCUT2D eigenvalue weighted by molar-refractivity contribution is 5.79. The molecule has 0 saturated heterocycles. The van der Waals surface area contributed by atoms with E-state index in [4.69, 9.17) is 9.47 Å². The van der Waals surface area contributed by atoms with Crippen molar-refractivity contribution in [3.63, 3.8) is 0 Å². The van der Waals surface area contributed by atoms with Gasteiger partial charge in [-0.1, -0.05) is 18.6 Å². The normalized spacial score (nSPS) is 15.8. The Labute approximate surface area is 152 Å². The second kappa shape index (κ2) is 11.7. The molecule has 2 N–H and O–H groups in total. The summed E-state index contributed by atoms with van der Waals surface area (Å²) in [5.74, 6) is 1.79. The van der Waals surface area contributed by atoms with Gasteiger partial charge in [0.25, 0.3) is 0 Å². The number of nitrogens with zero attached hydrogens (tertiary/aromatic N) is 1. The van der Waals surface area contributed by atoms with Crippen LogP contribution in [-0.4, -0.2) is 38.9 Å². The standard InChI is InChI=1S/C20H33N3O2/c1-3-24-14-8-13-22-20(21-2)23-16-17-9-7-12-19(15-17)25-18-10-5-4-6-11-18/h7,9,12,15,18H,3-6,8,10-11,13-14,16H2,1-2H3,(H2,21,22,23). The molecule has 0 aliphatic heterocycles. The Hall–Kier alpha value is -1.75. The molecule has 5 heteroatoms. The molecule has 25 heavy (non-hydrogen) atoms. The van der Waals surface area contributed by atoms with Gasteiger partial charge in [0.2, 0.25) is 0 Å². The minimum absolute atomic E-state index is 0.386. The highest BCUT2D eigenvalue weighted by atomic mass is 16.5. The first-order valence-electron chi connectivity index (χ1n) is 9.59. The molecule has 140 valence electrons. The predicted octanol–water partition coefficient (Wildman–Crippen LogP) is 3.49. The van der Waals surface area contributed by atoms with E-state index in [0.717, 1.165) is 44.4 Å². The molecule has 0 bridgehead atoms. The lowest BCUT2D eigenvalue weighted by Gasteiger charge is -2.23. The molecule has 0 radical (unpaired) electrons. The first-order valence-corrected chi connectivity index (χ1v) is 9.59. The fourth-order valence-corrected chi connectivity index (χ4v) is 3.04. The van der Waals surface area contributed by atoms with Crippen molar-refractivity contribution in [2.45, 2.75) is 58.1 Å². The second-order valence-electron chi connectivity index (χ2n) is 6.43. The number of nitrogens with one attached hydrogen (secondary N) is 2. The molecule has 1 aromatic rings. The number of hydrogen-bond donors (Lipinski definition) is 2. The smallest absolute Gasteiger partial charge is 0.191 e. The maximum Gasteiger partial charge on any atom is 0.191 e. The number of rotatable bonds is 9. The summed E-state index contributed by atoms with van der Waals surface area (Å²) in [7, 11) is 1.79. The van der Waals surface area contributed by atoms with Gasteiger partial charge in [0.1, 0.15) is 5.75 Å². The highest BCUT2D eigenvalue weighted by Crippen LogP contribution is 2.23. The lowest BCUT2D eigenvalue weighted by molar-refractivity contribution is 0.145. The summed E-state index contributed by atoms with van der Waals surface area (Å²) in [5, 5.41) is 6.66. The molecule has 0 atom stereocenters. The summed E-state index contributed by atoms with van der Waals surface area (Å²) >= 11 is 0. The first kappa shape index (κ1) is 19.6. The summed E-state index contributed by atoms with van der Waals surface area (Å²) in [5.41, 5.74) is 1.20. The van der Waals surface area contributed by atoms with E-state index in [1.54, 1.807) is 7.05 Å². The van der Waals surface area contributed by atoms with Gasteiger partial charge >= 0.3 is 0 Å². The molecule has 0 amide bonds. The van der Waals surface area contributed by atoms with E-state index < -0.39 is 0 Å². The third kappa shape index (κ3) is 7.78. The van der Waals surface area contributed by atoms with Gasteiger partial charge in [0, 0.05) is 33.4 Å². The first-order chi connectivity index (χ1) is 12.3. The third-order valence-electron chi connectivity index (χ3n) is 4.40. The van der Waals surface area contributed by atoms with E-state index in [-0.39, 0.29) is 0 Å². The van der Waals surface area contributed by atoms with Crippen LogP contribution in [0.4, 0.5) is 0 Å². The van der Waals surface area contributed by atoms with Gasteiger partial charge in [-0.3, -0.25) is 4.99 Å². The number of guanidine groups is 1. The fourth-order valence-electron chi connectivity index (χ4n) is 3.04. The van der Waals surface area contributed by atoms with Crippen LogP contribution in [0.2, 0.25) is 0 Å². The van der Waals surface area contributed by atoms with Crippen LogP contribution in [0, 0.1) is 0 Å². The zero-order chi connectivity index (χ0) is 17.7. The molecule has 0 spiro atoms. The van der Waals surface area contributed by atoms with Crippen LogP contribution >= 0.6 is 0 Å². The quantitative estimate of drug-likeness (QED) is 0.408. The number of hydrogen-bond acceptors (Lipinski definition) is 3. The van der Waals surface area contributed by atoms with Crippen LogP contribution in [-0.2, 0) is 11.3 Å². The minimum Gasteiger partial charge on any atom is -0.490 e. The van der Waals surface area contributed by atoms with Gasteiger partial charge in [-0.2, -0.15) is 0 Å². The summed E-state index contributed by atoms with van der Waals surface area (Å²) < 4.78 is 11.5. The van der Waals surface area contributed by atoms with Crippen LogP contribution < -0.4 is 15.4 Å². The molecule has 0 heterocycles. The number of ether oxygens (including phenoxy) is 2. The van der Waals surface area contributed by atoms with Crippen LogP contribution in [0.3, 0.4) is 0 Å². The summed E-state index contributed by atoms with van der Waals surface area (Å²) in [6.07, 6.45) is 7.65. The highest BCUT2D eigenvalue weighted by Gasteiger charge is 2.14. The van der Waals surface area contributed by atoms with E-state index in [1.807, 2.05) is 6.92 Å². The van der Waals surface area contributed by atoms with Gasteiger partial charge in [-0.15, -0.1) is 0 Å². The van der Waals surface area contributed by atoms with E-state index in [1.165, 1.54) is 37.7 Å². The van der Waals surface area contributed by atoms with Crippen molar-refractivity contribution in [1.82, 2.24) is 10.6 Å². The lowest BCUT2D eigenvalue weighted by atomic mass is 9.98. The van der Waals surface area contributed by atoms with Gasteiger partial charge < -0.3 is 20.1 Å². The summed E-state index contributed by atoms with van der Waals surface area (Å²) in [4.78, 5) is 4.26. The van der Waals surface area contributed by atoms with E-state index in [2.05, 4.69) is 39.9 Å². The van der Waals surface area contributed by atoms with Crippen molar-refractivity contribution in [2.24, 2.45) is 4.99 Å². The largest absolute Gasteiger partial charge is 0.490 e. The van der Waals surface area contributed by atoms with Gasteiger partial charge in [-0.05, 0) is 56.7 Å².